The summed E-state index contributed by atoms with van der Waals surface area (Å²) in [5, 5.41) is 17.0. The van der Waals surface area contributed by atoms with Gasteiger partial charge < -0.3 is 14.8 Å². The number of Topliss-reactive ketones (excluding diaryl/α,β-unsaturated/α-hetero) is 1. The van der Waals surface area contributed by atoms with E-state index < -0.39 is 6.04 Å². The van der Waals surface area contributed by atoms with Crippen LogP contribution >= 0.6 is 0 Å². The molecule has 1 aromatic heterocycles. The third-order valence-corrected chi connectivity index (χ3v) is 4.89. The van der Waals surface area contributed by atoms with E-state index in [1.54, 1.807) is 18.9 Å². The molecule has 0 fully saturated rings. The van der Waals surface area contributed by atoms with Crippen molar-refractivity contribution < 1.29 is 14.3 Å². The molecule has 1 aromatic carbocycles. The number of fused-ring (bicyclic) bond motifs is 1. The number of ketones is 1. The van der Waals surface area contributed by atoms with E-state index in [1.165, 1.54) is 6.20 Å². The van der Waals surface area contributed by atoms with Crippen molar-refractivity contribution in [2.24, 2.45) is 0 Å². The first kappa shape index (κ1) is 16.2. The first-order valence-corrected chi connectivity index (χ1v) is 8.41. The summed E-state index contributed by atoms with van der Waals surface area (Å²) in [4.78, 5) is 12.8. The van der Waals surface area contributed by atoms with Crippen molar-refractivity contribution in [3.63, 3.8) is 0 Å². The third-order valence-electron chi connectivity index (χ3n) is 4.89. The van der Waals surface area contributed by atoms with Gasteiger partial charge in [0, 0.05) is 23.3 Å². The number of rotatable bonds is 3. The second-order valence-corrected chi connectivity index (χ2v) is 6.24. The van der Waals surface area contributed by atoms with E-state index in [0.29, 0.717) is 34.9 Å². The minimum Gasteiger partial charge on any atom is -0.493 e. The number of allylic oxidation sites excluding steroid dienone is 2. The highest BCUT2D eigenvalue weighted by atomic mass is 16.5. The van der Waals surface area contributed by atoms with Gasteiger partial charge in [-0.25, -0.2) is 4.68 Å². The lowest BCUT2D eigenvalue weighted by Gasteiger charge is -2.34. The fourth-order valence-corrected chi connectivity index (χ4v) is 3.75. The lowest BCUT2D eigenvalue weighted by Crippen LogP contribution is -2.31. The molecule has 1 aliphatic heterocycles. The Morgan fingerprint density at radius 2 is 2.15 bits per heavy atom. The van der Waals surface area contributed by atoms with Gasteiger partial charge in [-0.2, -0.15) is 10.4 Å². The van der Waals surface area contributed by atoms with Crippen molar-refractivity contribution in [2.45, 2.75) is 25.3 Å². The number of carbonyl (C=O) groups is 1. The smallest absolute Gasteiger partial charge is 0.166 e. The molecule has 0 saturated heterocycles. The molecule has 1 aliphatic carbocycles. The number of benzene rings is 1. The van der Waals surface area contributed by atoms with Gasteiger partial charge in [0.25, 0.3) is 0 Å². The fourth-order valence-electron chi connectivity index (χ4n) is 3.75. The molecular formula is C19H18N4O3. The Morgan fingerprint density at radius 1 is 1.31 bits per heavy atom. The Kier molecular flexibility index (Phi) is 3.88. The van der Waals surface area contributed by atoms with E-state index in [0.717, 1.165) is 24.1 Å². The van der Waals surface area contributed by atoms with Gasteiger partial charge in [0.05, 0.1) is 20.4 Å². The average molecular weight is 350 g/mol. The SMILES string of the molecule is COc1cccc([C@H]2C3=C(CCCC3=O)Nc3c(C#N)cnn32)c1OC. The lowest BCUT2D eigenvalue weighted by atomic mass is 9.85. The lowest BCUT2D eigenvalue weighted by molar-refractivity contribution is -0.116. The molecule has 7 nitrogen and oxygen atoms in total. The first-order chi connectivity index (χ1) is 12.7. The number of methoxy groups -OCH3 is 2. The summed E-state index contributed by atoms with van der Waals surface area (Å²) in [7, 11) is 3.15. The van der Waals surface area contributed by atoms with E-state index >= 15 is 0 Å². The van der Waals surface area contributed by atoms with Crippen LogP contribution in [0.15, 0.2) is 35.7 Å². The second-order valence-electron chi connectivity index (χ2n) is 6.24. The molecular weight excluding hydrogens is 332 g/mol. The van der Waals surface area contributed by atoms with Gasteiger partial charge in [-0.1, -0.05) is 12.1 Å². The van der Waals surface area contributed by atoms with Crippen molar-refractivity contribution >= 4 is 11.6 Å². The summed E-state index contributed by atoms with van der Waals surface area (Å²) in [6.45, 7) is 0. The number of hydrogen-bond donors (Lipinski definition) is 1. The Balaban J connectivity index is 1.99. The summed E-state index contributed by atoms with van der Waals surface area (Å²) in [6.07, 6.45) is 3.58. The van der Waals surface area contributed by atoms with Gasteiger partial charge in [-0.05, 0) is 18.9 Å². The zero-order chi connectivity index (χ0) is 18.3. The highest BCUT2D eigenvalue weighted by Crippen LogP contribution is 2.45. The van der Waals surface area contributed by atoms with Gasteiger partial charge in [0.15, 0.2) is 17.3 Å². The summed E-state index contributed by atoms with van der Waals surface area (Å²) in [6, 6.07) is 7.28. The summed E-state index contributed by atoms with van der Waals surface area (Å²) >= 11 is 0. The van der Waals surface area contributed by atoms with E-state index in [4.69, 9.17) is 9.47 Å². The second kappa shape index (κ2) is 6.23. The zero-order valence-corrected chi connectivity index (χ0v) is 14.6. The van der Waals surface area contributed by atoms with E-state index in [1.807, 2.05) is 18.2 Å². The van der Waals surface area contributed by atoms with Crippen LogP contribution in [-0.4, -0.2) is 29.8 Å². The topological polar surface area (TPSA) is 89.2 Å². The van der Waals surface area contributed by atoms with Crippen LogP contribution < -0.4 is 14.8 Å². The van der Waals surface area contributed by atoms with Crippen LogP contribution in [-0.2, 0) is 4.79 Å². The molecule has 1 N–H and O–H groups in total. The Hall–Kier alpha value is -3.27. The molecule has 132 valence electrons. The van der Waals surface area contributed by atoms with Crippen LogP contribution in [0.25, 0.3) is 0 Å². The Morgan fingerprint density at radius 3 is 2.88 bits per heavy atom. The fraction of sp³-hybridized carbons (Fsp3) is 0.316. The number of hydrogen-bond acceptors (Lipinski definition) is 6. The quantitative estimate of drug-likeness (QED) is 0.915. The number of anilines is 1. The largest absolute Gasteiger partial charge is 0.493 e. The summed E-state index contributed by atoms with van der Waals surface area (Å²) < 4.78 is 12.7. The molecule has 4 rings (SSSR count). The zero-order valence-electron chi connectivity index (χ0n) is 14.6. The average Bonchev–Trinajstić information content (AvgIpc) is 3.08. The standard InChI is InChI=1S/C19H18N4O3/c1-25-15-8-3-5-12(18(15)26-2)17-16-13(6-4-7-14(16)24)22-19-11(9-20)10-21-23(17)19/h3,5,8,10,17,22H,4,6-7H2,1-2H3/t17-/m0/s1. The predicted molar refractivity (Wildman–Crippen MR) is 94.1 cm³/mol. The number of nitriles is 1. The van der Waals surface area contributed by atoms with E-state index in [2.05, 4.69) is 16.5 Å². The molecule has 7 heteroatoms. The molecule has 0 radical (unpaired) electrons. The third kappa shape index (κ3) is 2.26. The molecule has 2 aromatic rings. The van der Waals surface area contributed by atoms with Gasteiger partial charge in [0.2, 0.25) is 0 Å². The van der Waals surface area contributed by atoms with Gasteiger partial charge in [-0.15, -0.1) is 0 Å². The Labute approximate surface area is 150 Å². The minimum atomic E-state index is -0.457. The summed E-state index contributed by atoms with van der Waals surface area (Å²) in [5.41, 5.74) is 2.77. The number of aromatic nitrogens is 2. The summed E-state index contributed by atoms with van der Waals surface area (Å²) in [5.74, 6) is 1.85. The molecule has 26 heavy (non-hydrogen) atoms. The van der Waals surface area contributed by atoms with Gasteiger partial charge in [0.1, 0.15) is 23.5 Å². The highest BCUT2D eigenvalue weighted by Gasteiger charge is 2.38. The van der Waals surface area contributed by atoms with Gasteiger partial charge in [-0.3, -0.25) is 4.79 Å². The van der Waals surface area contributed by atoms with E-state index in [9.17, 15) is 10.1 Å². The van der Waals surface area contributed by atoms with Crippen LogP contribution in [0.5, 0.6) is 11.5 Å². The molecule has 0 bridgehead atoms. The number of para-hydroxylation sites is 1. The molecule has 2 heterocycles. The minimum absolute atomic E-state index is 0.0910. The number of nitrogens with zero attached hydrogens (tertiary/aromatic N) is 3. The van der Waals surface area contributed by atoms with Crippen LogP contribution in [0.4, 0.5) is 5.82 Å². The molecule has 0 amide bonds. The van der Waals surface area contributed by atoms with Crippen molar-refractivity contribution in [3.8, 4) is 17.6 Å². The van der Waals surface area contributed by atoms with Crippen LogP contribution in [0, 0.1) is 11.3 Å². The number of carbonyl (C=O) groups excluding carboxylic acids is 1. The number of nitrogens with one attached hydrogen (secondary N) is 1. The maximum atomic E-state index is 12.8. The Bertz CT molecular complexity index is 968. The van der Waals surface area contributed by atoms with Crippen molar-refractivity contribution in [1.29, 1.82) is 5.26 Å². The first-order valence-electron chi connectivity index (χ1n) is 8.41. The van der Waals surface area contributed by atoms with Crippen molar-refractivity contribution in [1.82, 2.24) is 9.78 Å². The van der Waals surface area contributed by atoms with Crippen LogP contribution in [0.1, 0.15) is 36.4 Å². The molecule has 0 spiro atoms. The van der Waals surface area contributed by atoms with E-state index in [-0.39, 0.29) is 5.78 Å². The highest BCUT2D eigenvalue weighted by molar-refractivity contribution is 5.99. The molecule has 1 atom stereocenters. The van der Waals surface area contributed by atoms with Crippen molar-refractivity contribution in [3.05, 3.63) is 46.8 Å². The molecule has 0 saturated carbocycles. The van der Waals surface area contributed by atoms with Crippen LogP contribution in [0.3, 0.4) is 0 Å². The molecule has 0 unspecified atom stereocenters. The van der Waals surface area contributed by atoms with Crippen LogP contribution in [0.2, 0.25) is 0 Å². The monoisotopic (exact) mass is 350 g/mol. The maximum Gasteiger partial charge on any atom is 0.166 e. The van der Waals surface area contributed by atoms with Gasteiger partial charge >= 0.3 is 0 Å². The predicted octanol–water partition coefficient (Wildman–Crippen LogP) is 2.79. The number of ether oxygens (including phenoxy) is 2. The normalized spacial score (nSPS) is 18.5. The van der Waals surface area contributed by atoms with Crippen molar-refractivity contribution in [2.75, 3.05) is 19.5 Å². The molecule has 2 aliphatic rings. The maximum absolute atomic E-state index is 12.8.